The van der Waals surface area contributed by atoms with Gasteiger partial charge in [0.1, 0.15) is 0 Å². The van der Waals surface area contributed by atoms with Crippen LogP contribution in [0.25, 0.3) is 28.3 Å². The van der Waals surface area contributed by atoms with Crippen molar-refractivity contribution in [1.82, 2.24) is 0 Å². The van der Waals surface area contributed by atoms with Gasteiger partial charge in [-0.05, 0) is 64.1 Å². The second-order valence-electron chi connectivity index (χ2n) is 5.67. The molecule has 0 bridgehead atoms. The normalized spacial score (nSPS) is 12.4. The third-order valence-corrected chi connectivity index (χ3v) is 5.33. The molecule has 0 atom stereocenters. The predicted molar refractivity (Wildman–Crippen MR) is 105 cm³/mol. The lowest BCUT2D eigenvalue weighted by Crippen LogP contribution is -1.92. The van der Waals surface area contributed by atoms with Crippen molar-refractivity contribution in [2.24, 2.45) is 0 Å². The molecule has 0 saturated heterocycles. The third-order valence-electron chi connectivity index (χ3n) is 4.27. The van der Waals surface area contributed by atoms with Crippen LogP contribution in [0.2, 0.25) is 0 Å². The Balaban J connectivity index is 1.86. The standard InChI is InChI=1S/C21H14Br2/c22-16-8-4-14(5-9-16)18-12-13-19(21-3-1-2-20(18)21)15-6-10-17(23)11-7-15/h1-2,4-13H,3H2. The van der Waals surface area contributed by atoms with Crippen LogP contribution in [-0.2, 0) is 6.42 Å². The summed E-state index contributed by atoms with van der Waals surface area (Å²) < 4.78 is 2.22. The van der Waals surface area contributed by atoms with Gasteiger partial charge in [0.05, 0.1) is 0 Å². The van der Waals surface area contributed by atoms with Crippen LogP contribution in [0.1, 0.15) is 11.1 Å². The molecule has 1 aliphatic rings. The maximum absolute atomic E-state index is 3.51. The van der Waals surface area contributed by atoms with Crippen molar-refractivity contribution < 1.29 is 0 Å². The molecule has 0 nitrogen and oxygen atoms in total. The van der Waals surface area contributed by atoms with E-state index in [4.69, 9.17) is 0 Å². The highest BCUT2D eigenvalue weighted by Crippen LogP contribution is 2.38. The van der Waals surface area contributed by atoms with Gasteiger partial charge in [0, 0.05) is 8.95 Å². The molecular weight excluding hydrogens is 412 g/mol. The van der Waals surface area contributed by atoms with E-state index in [-0.39, 0.29) is 0 Å². The molecule has 0 heterocycles. The van der Waals surface area contributed by atoms with Crippen LogP contribution in [-0.4, -0.2) is 0 Å². The molecular formula is C21H14Br2. The quantitative estimate of drug-likeness (QED) is 0.410. The van der Waals surface area contributed by atoms with Crippen molar-refractivity contribution in [2.45, 2.75) is 6.42 Å². The Morgan fingerprint density at radius 1 is 0.609 bits per heavy atom. The first kappa shape index (κ1) is 14.9. The molecule has 0 spiro atoms. The molecule has 112 valence electrons. The number of hydrogen-bond acceptors (Lipinski definition) is 0. The summed E-state index contributed by atoms with van der Waals surface area (Å²) in [6, 6.07) is 21.6. The maximum Gasteiger partial charge on any atom is 0.0175 e. The van der Waals surface area contributed by atoms with Gasteiger partial charge in [-0.25, -0.2) is 0 Å². The average Bonchev–Trinajstić information content (AvgIpc) is 3.05. The molecule has 23 heavy (non-hydrogen) atoms. The summed E-state index contributed by atoms with van der Waals surface area (Å²) in [6.07, 6.45) is 5.52. The van der Waals surface area contributed by atoms with E-state index in [1.807, 2.05) is 0 Å². The van der Waals surface area contributed by atoms with Gasteiger partial charge in [-0.15, -0.1) is 0 Å². The molecule has 0 amide bonds. The lowest BCUT2D eigenvalue weighted by molar-refractivity contribution is 1.31. The Bertz CT molecular complexity index is 888. The monoisotopic (exact) mass is 424 g/mol. The molecule has 0 radical (unpaired) electrons. The van der Waals surface area contributed by atoms with Gasteiger partial charge in [0.2, 0.25) is 0 Å². The first-order chi connectivity index (χ1) is 11.2. The zero-order valence-electron chi connectivity index (χ0n) is 12.4. The van der Waals surface area contributed by atoms with E-state index in [0.29, 0.717) is 0 Å². The highest BCUT2D eigenvalue weighted by atomic mass is 79.9. The van der Waals surface area contributed by atoms with E-state index in [9.17, 15) is 0 Å². The zero-order chi connectivity index (χ0) is 15.8. The number of halogens is 2. The van der Waals surface area contributed by atoms with E-state index < -0.39 is 0 Å². The minimum absolute atomic E-state index is 1.01. The molecule has 0 N–H and O–H groups in total. The number of benzene rings is 3. The van der Waals surface area contributed by atoms with Crippen molar-refractivity contribution in [2.75, 3.05) is 0 Å². The highest BCUT2D eigenvalue weighted by molar-refractivity contribution is 9.10. The van der Waals surface area contributed by atoms with Crippen LogP contribution in [0.5, 0.6) is 0 Å². The minimum Gasteiger partial charge on any atom is -0.0795 e. The second-order valence-corrected chi connectivity index (χ2v) is 7.50. The molecule has 2 heteroatoms. The topological polar surface area (TPSA) is 0 Å². The van der Waals surface area contributed by atoms with Crippen LogP contribution in [0.3, 0.4) is 0 Å². The van der Waals surface area contributed by atoms with Crippen LogP contribution < -0.4 is 0 Å². The molecule has 3 aromatic rings. The lowest BCUT2D eigenvalue weighted by atomic mass is 9.90. The number of hydrogen-bond donors (Lipinski definition) is 0. The van der Waals surface area contributed by atoms with Gasteiger partial charge in [-0.2, -0.15) is 0 Å². The Morgan fingerprint density at radius 3 is 1.74 bits per heavy atom. The molecule has 0 saturated carbocycles. The first-order valence-electron chi connectivity index (χ1n) is 7.57. The zero-order valence-corrected chi connectivity index (χ0v) is 15.6. The Hall–Kier alpha value is -1.64. The van der Waals surface area contributed by atoms with Gasteiger partial charge in [-0.3, -0.25) is 0 Å². The number of rotatable bonds is 2. The fourth-order valence-corrected chi connectivity index (χ4v) is 3.68. The largest absolute Gasteiger partial charge is 0.0795 e. The van der Waals surface area contributed by atoms with Gasteiger partial charge < -0.3 is 0 Å². The second kappa shape index (κ2) is 6.10. The Kier molecular flexibility index (Phi) is 3.96. The SMILES string of the molecule is Brc1ccc(-c2ccc(-c3ccc(Br)cc3)c3c2C=CC3)cc1. The van der Waals surface area contributed by atoms with Gasteiger partial charge in [0.15, 0.2) is 0 Å². The molecule has 3 aromatic carbocycles. The van der Waals surface area contributed by atoms with Crippen LogP contribution in [0.4, 0.5) is 0 Å². The van der Waals surface area contributed by atoms with Crippen LogP contribution >= 0.6 is 31.9 Å². The fraction of sp³-hybridized carbons (Fsp3) is 0.0476. The smallest absolute Gasteiger partial charge is 0.0175 e. The van der Waals surface area contributed by atoms with Crippen LogP contribution in [0.15, 0.2) is 75.7 Å². The van der Waals surface area contributed by atoms with Crippen molar-refractivity contribution in [3.8, 4) is 22.3 Å². The lowest BCUT2D eigenvalue weighted by Gasteiger charge is -2.14. The van der Waals surface area contributed by atoms with Crippen molar-refractivity contribution >= 4 is 37.9 Å². The summed E-state index contributed by atoms with van der Waals surface area (Å²) in [5, 5.41) is 0. The summed E-state index contributed by atoms with van der Waals surface area (Å²) in [6.45, 7) is 0. The summed E-state index contributed by atoms with van der Waals surface area (Å²) in [7, 11) is 0. The van der Waals surface area contributed by atoms with Gasteiger partial charge in [-0.1, -0.05) is 80.4 Å². The Labute approximate surface area is 153 Å². The molecule has 0 aromatic heterocycles. The van der Waals surface area contributed by atoms with E-state index in [2.05, 4.69) is 105 Å². The van der Waals surface area contributed by atoms with Crippen LogP contribution in [0, 0.1) is 0 Å². The van der Waals surface area contributed by atoms with Gasteiger partial charge in [0.25, 0.3) is 0 Å². The van der Waals surface area contributed by atoms with E-state index >= 15 is 0 Å². The number of allylic oxidation sites excluding steroid dienone is 1. The minimum atomic E-state index is 1.01. The molecule has 0 aliphatic heterocycles. The van der Waals surface area contributed by atoms with Gasteiger partial charge >= 0.3 is 0 Å². The molecule has 1 aliphatic carbocycles. The van der Waals surface area contributed by atoms with Crippen molar-refractivity contribution in [1.29, 1.82) is 0 Å². The van der Waals surface area contributed by atoms with E-state index in [0.717, 1.165) is 15.4 Å². The molecule has 0 fully saturated rings. The summed E-state index contributed by atoms with van der Waals surface area (Å²) in [5.41, 5.74) is 7.95. The summed E-state index contributed by atoms with van der Waals surface area (Å²) in [4.78, 5) is 0. The predicted octanol–water partition coefficient (Wildman–Crippen LogP) is 7.11. The fourth-order valence-electron chi connectivity index (χ4n) is 3.15. The van der Waals surface area contributed by atoms with Crippen molar-refractivity contribution in [3.05, 3.63) is 86.8 Å². The van der Waals surface area contributed by atoms with E-state index in [1.54, 1.807) is 0 Å². The summed E-state index contributed by atoms with van der Waals surface area (Å²) >= 11 is 7.02. The van der Waals surface area contributed by atoms with E-state index in [1.165, 1.54) is 33.4 Å². The van der Waals surface area contributed by atoms with Crippen molar-refractivity contribution in [3.63, 3.8) is 0 Å². The maximum atomic E-state index is 3.51. The molecule has 0 unspecified atom stereocenters. The average molecular weight is 426 g/mol. The highest BCUT2D eigenvalue weighted by Gasteiger charge is 2.16. The molecule has 4 rings (SSSR count). The first-order valence-corrected chi connectivity index (χ1v) is 9.15. The number of fused-ring (bicyclic) bond motifs is 1. The Morgan fingerprint density at radius 2 is 1.13 bits per heavy atom. The third kappa shape index (κ3) is 2.82. The summed E-state index contributed by atoms with van der Waals surface area (Å²) in [5.74, 6) is 0.